The Kier molecular flexibility index (Phi) is 4.00. The number of fused-ring (bicyclic) bond motifs is 1. The van der Waals surface area contributed by atoms with Gasteiger partial charge in [-0.15, -0.1) is 0 Å². The van der Waals surface area contributed by atoms with E-state index < -0.39 is 0 Å². The van der Waals surface area contributed by atoms with Crippen LogP contribution in [0.3, 0.4) is 0 Å². The fraction of sp³-hybridized carbons (Fsp3) is 0.278. The molecule has 0 spiro atoms. The highest BCUT2D eigenvalue weighted by Crippen LogP contribution is 2.29. The number of carbonyl (C=O) groups excluding carboxylic acids is 1. The Morgan fingerprint density at radius 2 is 2.09 bits per heavy atom. The summed E-state index contributed by atoms with van der Waals surface area (Å²) in [5, 5.41) is 2.89. The average Bonchev–Trinajstić information content (AvgIpc) is 2.87. The van der Waals surface area contributed by atoms with Gasteiger partial charge < -0.3 is 15.0 Å². The van der Waals surface area contributed by atoms with E-state index in [1.165, 1.54) is 11.3 Å². The molecule has 4 heteroatoms. The number of rotatable bonds is 4. The molecule has 1 amide bonds. The Hall–Kier alpha value is -2.49. The van der Waals surface area contributed by atoms with E-state index >= 15 is 0 Å². The fourth-order valence-corrected chi connectivity index (χ4v) is 2.70. The van der Waals surface area contributed by atoms with Gasteiger partial charge in [0.05, 0.1) is 0 Å². The van der Waals surface area contributed by atoms with Crippen molar-refractivity contribution in [2.75, 3.05) is 30.4 Å². The lowest BCUT2D eigenvalue weighted by molar-refractivity contribution is -0.118. The lowest BCUT2D eigenvalue weighted by Crippen LogP contribution is -2.20. The van der Waals surface area contributed by atoms with Crippen LogP contribution in [0.25, 0.3) is 0 Å². The molecule has 0 bridgehead atoms. The van der Waals surface area contributed by atoms with Crippen molar-refractivity contribution in [3.05, 3.63) is 53.6 Å². The molecule has 114 valence electrons. The summed E-state index contributed by atoms with van der Waals surface area (Å²) in [5.74, 6) is 0.600. The first kappa shape index (κ1) is 14.4. The van der Waals surface area contributed by atoms with Crippen molar-refractivity contribution in [1.82, 2.24) is 0 Å². The minimum atomic E-state index is -0.144. The van der Waals surface area contributed by atoms with E-state index in [1.807, 2.05) is 43.3 Å². The number of likely N-dealkylation sites (N-methyl/N-ethyl adjacent to an activating group) is 1. The standard InChI is InChI=1S/C18H20N2O2/c1-13-5-3-4-6-17(13)22-12-18(21)19-15-7-8-16-14(11-15)9-10-20(16)2/h3-8,11H,9-10,12H2,1-2H3,(H,19,21). The molecule has 0 fully saturated rings. The zero-order valence-corrected chi connectivity index (χ0v) is 12.9. The zero-order valence-electron chi connectivity index (χ0n) is 12.9. The lowest BCUT2D eigenvalue weighted by Gasteiger charge is -2.13. The molecule has 0 aliphatic carbocycles. The minimum Gasteiger partial charge on any atom is -0.483 e. The molecule has 22 heavy (non-hydrogen) atoms. The van der Waals surface area contributed by atoms with Gasteiger partial charge in [0.25, 0.3) is 5.91 Å². The number of benzene rings is 2. The van der Waals surface area contributed by atoms with Crippen molar-refractivity contribution in [2.45, 2.75) is 13.3 Å². The molecule has 4 nitrogen and oxygen atoms in total. The molecule has 1 heterocycles. The van der Waals surface area contributed by atoms with Crippen LogP contribution in [0.4, 0.5) is 11.4 Å². The lowest BCUT2D eigenvalue weighted by atomic mass is 10.1. The van der Waals surface area contributed by atoms with Crippen molar-refractivity contribution in [3.8, 4) is 5.75 Å². The van der Waals surface area contributed by atoms with Crippen molar-refractivity contribution in [2.24, 2.45) is 0 Å². The molecule has 2 aromatic rings. The van der Waals surface area contributed by atoms with Gasteiger partial charge in [-0.2, -0.15) is 0 Å². The summed E-state index contributed by atoms with van der Waals surface area (Å²) in [4.78, 5) is 14.2. The molecule has 1 N–H and O–H groups in total. The molecule has 3 rings (SSSR count). The van der Waals surface area contributed by atoms with Crippen molar-refractivity contribution in [1.29, 1.82) is 0 Å². The maximum absolute atomic E-state index is 12.0. The highest BCUT2D eigenvalue weighted by Gasteiger charge is 2.16. The highest BCUT2D eigenvalue weighted by molar-refractivity contribution is 5.92. The maximum atomic E-state index is 12.0. The third kappa shape index (κ3) is 3.06. The molecule has 1 aliphatic heterocycles. The number of ether oxygens (including phenoxy) is 1. The molecule has 0 radical (unpaired) electrons. The number of hydrogen-bond donors (Lipinski definition) is 1. The smallest absolute Gasteiger partial charge is 0.262 e. The quantitative estimate of drug-likeness (QED) is 0.943. The van der Waals surface area contributed by atoms with Gasteiger partial charge in [-0.25, -0.2) is 0 Å². The van der Waals surface area contributed by atoms with Crippen LogP contribution in [0.5, 0.6) is 5.75 Å². The van der Waals surface area contributed by atoms with Crippen molar-refractivity contribution < 1.29 is 9.53 Å². The normalized spacial score (nSPS) is 12.9. The van der Waals surface area contributed by atoms with Gasteiger partial charge in [-0.05, 0) is 48.7 Å². The molecule has 2 aromatic carbocycles. The second-order valence-corrected chi connectivity index (χ2v) is 5.62. The second kappa shape index (κ2) is 6.10. The molecule has 0 aromatic heterocycles. The first-order valence-corrected chi connectivity index (χ1v) is 7.46. The third-order valence-corrected chi connectivity index (χ3v) is 3.94. The summed E-state index contributed by atoms with van der Waals surface area (Å²) in [6.07, 6.45) is 1.02. The van der Waals surface area contributed by atoms with Crippen LogP contribution >= 0.6 is 0 Å². The summed E-state index contributed by atoms with van der Waals surface area (Å²) in [6.45, 7) is 3.01. The average molecular weight is 296 g/mol. The molecule has 0 saturated carbocycles. The van der Waals surface area contributed by atoms with Crippen LogP contribution in [-0.2, 0) is 11.2 Å². The summed E-state index contributed by atoms with van der Waals surface area (Å²) in [7, 11) is 2.08. The van der Waals surface area contributed by atoms with Gasteiger partial charge in [-0.1, -0.05) is 18.2 Å². The predicted octanol–water partition coefficient (Wildman–Crippen LogP) is 3.00. The fourth-order valence-electron chi connectivity index (χ4n) is 2.70. The van der Waals surface area contributed by atoms with Crippen LogP contribution in [0.2, 0.25) is 0 Å². The van der Waals surface area contributed by atoms with Gasteiger partial charge in [0, 0.05) is 25.0 Å². The minimum absolute atomic E-state index is 0.0157. The third-order valence-electron chi connectivity index (χ3n) is 3.94. The first-order chi connectivity index (χ1) is 10.6. The Labute approximate surface area is 130 Å². The first-order valence-electron chi connectivity index (χ1n) is 7.46. The van der Waals surface area contributed by atoms with Gasteiger partial charge >= 0.3 is 0 Å². The largest absolute Gasteiger partial charge is 0.483 e. The van der Waals surface area contributed by atoms with Gasteiger partial charge in [0.2, 0.25) is 0 Å². The Morgan fingerprint density at radius 1 is 1.27 bits per heavy atom. The second-order valence-electron chi connectivity index (χ2n) is 5.62. The molecule has 0 unspecified atom stereocenters. The Balaban J connectivity index is 1.59. The highest BCUT2D eigenvalue weighted by atomic mass is 16.5. The number of anilines is 2. The molecular formula is C18H20N2O2. The number of para-hydroxylation sites is 1. The monoisotopic (exact) mass is 296 g/mol. The molecule has 0 saturated heterocycles. The summed E-state index contributed by atoms with van der Waals surface area (Å²) in [6, 6.07) is 13.7. The maximum Gasteiger partial charge on any atom is 0.262 e. The zero-order chi connectivity index (χ0) is 15.5. The van der Waals surface area contributed by atoms with Gasteiger partial charge in [0.15, 0.2) is 6.61 Å². The van der Waals surface area contributed by atoms with E-state index in [2.05, 4.69) is 23.3 Å². The van der Waals surface area contributed by atoms with Crippen LogP contribution in [-0.4, -0.2) is 26.1 Å². The number of nitrogens with one attached hydrogen (secondary N) is 1. The topological polar surface area (TPSA) is 41.6 Å². The Bertz CT molecular complexity index is 697. The number of amides is 1. The van der Waals surface area contributed by atoms with Crippen LogP contribution in [0.15, 0.2) is 42.5 Å². The van der Waals surface area contributed by atoms with Crippen LogP contribution < -0.4 is 15.0 Å². The molecule has 1 aliphatic rings. The number of hydrogen-bond acceptors (Lipinski definition) is 3. The molecular weight excluding hydrogens is 276 g/mol. The predicted molar refractivity (Wildman–Crippen MR) is 88.7 cm³/mol. The van der Waals surface area contributed by atoms with Crippen molar-refractivity contribution in [3.63, 3.8) is 0 Å². The van der Waals surface area contributed by atoms with Gasteiger partial charge in [-0.3, -0.25) is 4.79 Å². The van der Waals surface area contributed by atoms with Crippen molar-refractivity contribution >= 4 is 17.3 Å². The van der Waals surface area contributed by atoms with E-state index in [4.69, 9.17) is 4.74 Å². The van der Waals surface area contributed by atoms with E-state index in [9.17, 15) is 4.79 Å². The van der Waals surface area contributed by atoms with Gasteiger partial charge in [0.1, 0.15) is 5.75 Å². The Morgan fingerprint density at radius 3 is 2.91 bits per heavy atom. The van der Waals surface area contributed by atoms with E-state index in [0.717, 1.165) is 30.0 Å². The number of nitrogens with zero attached hydrogens (tertiary/aromatic N) is 1. The summed E-state index contributed by atoms with van der Waals surface area (Å²) in [5.41, 5.74) is 4.37. The van der Waals surface area contributed by atoms with Crippen LogP contribution in [0, 0.1) is 6.92 Å². The summed E-state index contributed by atoms with van der Waals surface area (Å²) >= 11 is 0. The van der Waals surface area contributed by atoms with Crippen LogP contribution in [0.1, 0.15) is 11.1 Å². The number of aryl methyl sites for hydroxylation is 1. The molecule has 0 atom stereocenters. The van der Waals surface area contributed by atoms with E-state index in [-0.39, 0.29) is 12.5 Å². The SMILES string of the molecule is Cc1ccccc1OCC(=O)Nc1ccc2c(c1)CCN2C. The van der Waals surface area contributed by atoms with E-state index in [1.54, 1.807) is 0 Å². The van der Waals surface area contributed by atoms with E-state index in [0.29, 0.717) is 0 Å². The summed E-state index contributed by atoms with van der Waals surface area (Å²) < 4.78 is 5.56. The number of carbonyl (C=O) groups is 1.